The summed E-state index contributed by atoms with van der Waals surface area (Å²) in [6.45, 7) is 7.37. The monoisotopic (exact) mass is 407 g/mol. The summed E-state index contributed by atoms with van der Waals surface area (Å²) >= 11 is 0. The van der Waals surface area contributed by atoms with E-state index in [9.17, 15) is 0 Å². The van der Waals surface area contributed by atoms with Crippen molar-refractivity contribution in [3.63, 3.8) is 0 Å². The highest BCUT2D eigenvalue weighted by Crippen LogP contribution is 2.08. The Morgan fingerprint density at radius 1 is 1.38 bits per heavy atom. The van der Waals surface area contributed by atoms with Crippen LogP contribution >= 0.6 is 24.0 Å². The number of nitrogens with two attached hydrogens (primary N) is 1. The van der Waals surface area contributed by atoms with Gasteiger partial charge in [-0.2, -0.15) is 5.10 Å². The molecule has 1 aromatic heterocycles. The van der Waals surface area contributed by atoms with Crippen LogP contribution in [0.3, 0.4) is 0 Å². The van der Waals surface area contributed by atoms with Gasteiger partial charge in [-0.25, -0.2) is 0 Å². The summed E-state index contributed by atoms with van der Waals surface area (Å²) in [5, 5.41) is 7.38. The summed E-state index contributed by atoms with van der Waals surface area (Å²) in [6, 6.07) is 0.385. The van der Waals surface area contributed by atoms with Gasteiger partial charge >= 0.3 is 0 Å². The SMILES string of the molecule is CC(C)CCCC(C)NC(N)=NCCc1cnn(C)c1.I. The maximum Gasteiger partial charge on any atom is 0.188 e. The van der Waals surface area contributed by atoms with Crippen LogP contribution in [-0.2, 0) is 13.5 Å². The number of hydrogen-bond acceptors (Lipinski definition) is 2. The summed E-state index contributed by atoms with van der Waals surface area (Å²) in [5.74, 6) is 1.32. The predicted molar refractivity (Wildman–Crippen MR) is 100 cm³/mol. The molecule has 0 aliphatic rings. The summed E-state index contributed by atoms with van der Waals surface area (Å²) in [4.78, 5) is 4.36. The highest BCUT2D eigenvalue weighted by Gasteiger charge is 2.03. The van der Waals surface area contributed by atoms with Gasteiger partial charge in [0.15, 0.2) is 5.96 Å². The van der Waals surface area contributed by atoms with E-state index in [1.54, 1.807) is 4.68 Å². The molecule has 0 aromatic carbocycles. The van der Waals surface area contributed by atoms with E-state index >= 15 is 0 Å². The Morgan fingerprint density at radius 2 is 2.10 bits per heavy atom. The highest BCUT2D eigenvalue weighted by atomic mass is 127. The molecule has 1 aromatic rings. The average molecular weight is 407 g/mol. The molecule has 1 unspecified atom stereocenters. The molecule has 0 radical (unpaired) electrons. The van der Waals surface area contributed by atoms with Gasteiger partial charge in [-0.15, -0.1) is 24.0 Å². The third-order valence-electron chi connectivity index (χ3n) is 3.25. The molecule has 21 heavy (non-hydrogen) atoms. The normalized spacial score (nSPS) is 13.1. The molecule has 1 rings (SSSR count). The topological polar surface area (TPSA) is 68.2 Å². The maximum absolute atomic E-state index is 5.89. The Balaban J connectivity index is 0.00000400. The van der Waals surface area contributed by atoms with Crippen molar-refractivity contribution >= 4 is 29.9 Å². The van der Waals surface area contributed by atoms with Crippen LogP contribution in [0.15, 0.2) is 17.4 Å². The summed E-state index contributed by atoms with van der Waals surface area (Å²) in [7, 11) is 1.92. The molecule has 0 saturated heterocycles. The predicted octanol–water partition coefficient (Wildman–Crippen LogP) is 2.70. The molecule has 0 amide bonds. The number of nitrogens with zero attached hydrogens (tertiary/aromatic N) is 3. The van der Waals surface area contributed by atoms with E-state index in [2.05, 4.69) is 36.2 Å². The van der Waals surface area contributed by atoms with Gasteiger partial charge in [0, 0.05) is 25.8 Å². The molecule has 1 heterocycles. The molecular weight excluding hydrogens is 377 g/mol. The molecule has 0 saturated carbocycles. The molecule has 0 spiro atoms. The van der Waals surface area contributed by atoms with Crippen LogP contribution in [0.5, 0.6) is 0 Å². The van der Waals surface area contributed by atoms with Crippen molar-refractivity contribution < 1.29 is 0 Å². The molecule has 0 bridgehead atoms. The van der Waals surface area contributed by atoms with Crippen molar-refractivity contribution in [2.75, 3.05) is 6.54 Å². The molecular formula is C15H30IN5. The van der Waals surface area contributed by atoms with Crippen molar-refractivity contribution in [3.8, 4) is 0 Å². The number of halogens is 1. The molecule has 6 heteroatoms. The van der Waals surface area contributed by atoms with Gasteiger partial charge < -0.3 is 11.1 Å². The van der Waals surface area contributed by atoms with E-state index in [1.807, 2.05) is 19.4 Å². The van der Waals surface area contributed by atoms with E-state index in [4.69, 9.17) is 5.73 Å². The van der Waals surface area contributed by atoms with Gasteiger partial charge in [0.25, 0.3) is 0 Å². The Bertz CT molecular complexity index is 414. The number of hydrogen-bond donors (Lipinski definition) is 2. The zero-order valence-corrected chi connectivity index (χ0v) is 16.0. The maximum atomic E-state index is 5.89. The lowest BCUT2D eigenvalue weighted by atomic mass is 10.0. The van der Waals surface area contributed by atoms with Gasteiger partial charge in [0.2, 0.25) is 0 Å². The molecule has 3 N–H and O–H groups in total. The van der Waals surface area contributed by atoms with Crippen LogP contribution in [0.2, 0.25) is 0 Å². The molecule has 0 aliphatic carbocycles. The second kappa shape index (κ2) is 10.9. The molecule has 0 aliphatic heterocycles. The minimum atomic E-state index is 0. The Hall–Kier alpha value is -0.790. The third kappa shape index (κ3) is 9.71. The molecule has 0 fully saturated rings. The van der Waals surface area contributed by atoms with Crippen LogP contribution in [0.4, 0.5) is 0 Å². The van der Waals surface area contributed by atoms with E-state index in [-0.39, 0.29) is 24.0 Å². The van der Waals surface area contributed by atoms with E-state index in [1.165, 1.54) is 18.4 Å². The van der Waals surface area contributed by atoms with Gasteiger partial charge in [0.1, 0.15) is 0 Å². The fraction of sp³-hybridized carbons (Fsp3) is 0.733. The molecule has 1 atom stereocenters. The second-order valence-electron chi connectivity index (χ2n) is 5.91. The Morgan fingerprint density at radius 3 is 2.67 bits per heavy atom. The molecule has 122 valence electrons. The third-order valence-corrected chi connectivity index (χ3v) is 3.25. The van der Waals surface area contributed by atoms with Crippen LogP contribution < -0.4 is 11.1 Å². The first-order chi connectivity index (χ1) is 9.47. The fourth-order valence-corrected chi connectivity index (χ4v) is 2.11. The zero-order chi connectivity index (χ0) is 15.0. The van der Waals surface area contributed by atoms with Crippen molar-refractivity contribution in [1.82, 2.24) is 15.1 Å². The number of guanidine groups is 1. The molecule has 5 nitrogen and oxygen atoms in total. The van der Waals surface area contributed by atoms with E-state index in [0.29, 0.717) is 18.5 Å². The second-order valence-corrected chi connectivity index (χ2v) is 5.91. The Labute approximate surface area is 145 Å². The minimum absolute atomic E-state index is 0. The fourth-order valence-electron chi connectivity index (χ4n) is 2.11. The summed E-state index contributed by atoms with van der Waals surface area (Å²) in [6.07, 6.45) is 8.38. The first kappa shape index (κ1) is 20.2. The lowest BCUT2D eigenvalue weighted by Gasteiger charge is -2.15. The van der Waals surface area contributed by atoms with Gasteiger partial charge in [-0.05, 0) is 31.2 Å². The van der Waals surface area contributed by atoms with Crippen LogP contribution in [0, 0.1) is 5.92 Å². The van der Waals surface area contributed by atoms with E-state index < -0.39 is 0 Å². The summed E-state index contributed by atoms with van der Waals surface area (Å²) < 4.78 is 1.80. The average Bonchev–Trinajstić information content (AvgIpc) is 2.74. The quantitative estimate of drug-likeness (QED) is 0.396. The van der Waals surface area contributed by atoms with Crippen LogP contribution in [0.25, 0.3) is 0 Å². The van der Waals surface area contributed by atoms with Gasteiger partial charge in [-0.1, -0.05) is 26.7 Å². The lowest BCUT2D eigenvalue weighted by Crippen LogP contribution is -2.38. The highest BCUT2D eigenvalue weighted by molar-refractivity contribution is 14.0. The van der Waals surface area contributed by atoms with Crippen molar-refractivity contribution in [2.24, 2.45) is 23.7 Å². The first-order valence-corrected chi connectivity index (χ1v) is 7.51. The number of aromatic nitrogens is 2. The smallest absolute Gasteiger partial charge is 0.188 e. The number of rotatable bonds is 8. The van der Waals surface area contributed by atoms with Crippen LogP contribution in [0.1, 0.15) is 45.6 Å². The first-order valence-electron chi connectivity index (χ1n) is 7.51. The largest absolute Gasteiger partial charge is 0.370 e. The number of nitrogens with one attached hydrogen (secondary N) is 1. The van der Waals surface area contributed by atoms with Crippen LogP contribution in [-0.4, -0.2) is 28.3 Å². The van der Waals surface area contributed by atoms with Gasteiger partial charge in [0.05, 0.1) is 6.20 Å². The minimum Gasteiger partial charge on any atom is -0.370 e. The van der Waals surface area contributed by atoms with E-state index in [0.717, 1.165) is 18.8 Å². The van der Waals surface area contributed by atoms with Crippen molar-refractivity contribution in [2.45, 2.75) is 52.5 Å². The number of aliphatic imine (C=N–C) groups is 1. The standard InChI is InChI=1S/C15H29N5.HI/c1-12(2)6-5-7-13(3)19-15(16)17-9-8-14-10-18-20(4)11-14;/h10-13H,5-9H2,1-4H3,(H3,16,17,19);1H. The lowest BCUT2D eigenvalue weighted by molar-refractivity contribution is 0.493. The van der Waals surface area contributed by atoms with Crippen molar-refractivity contribution in [3.05, 3.63) is 18.0 Å². The number of aryl methyl sites for hydroxylation is 1. The summed E-state index contributed by atoms with van der Waals surface area (Å²) in [5.41, 5.74) is 7.08. The van der Waals surface area contributed by atoms with Gasteiger partial charge in [-0.3, -0.25) is 9.67 Å². The Kier molecular flexibility index (Phi) is 10.5. The van der Waals surface area contributed by atoms with Crippen molar-refractivity contribution in [1.29, 1.82) is 0 Å². The zero-order valence-electron chi connectivity index (χ0n) is 13.7.